The summed E-state index contributed by atoms with van der Waals surface area (Å²) in [5.41, 5.74) is 2.54. The molecule has 0 aliphatic carbocycles. The van der Waals surface area contributed by atoms with Crippen LogP contribution in [-0.2, 0) is 16.0 Å². The highest BCUT2D eigenvalue weighted by molar-refractivity contribution is 5.78. The molecule has 1 aromatic rings. The van der Waals surface area contributed by atoms with Gasteiger partial charge in [-0.2, -0.15) is 0 Å². The van der Waals surface area contributed by atoms with Gasteiger partial charge in [-0.05, 0) is 23.5 Å². The zero-order valence-electron chi connectivity index (χ0n) is 12.4. The van der Waals surface area contributed by atoms with Crippen molar-refractivity contribution in [3.8, 4) is 0 Å². The average molecular weight is 263 g/mol. The van der Waals surface area contributed by atoms with Crippen molar-refractivity contribution in [3.05, 3.63) is 35.4 Å². The molecule has 0 bridgehead atoms. The molecule has 1 atom stereocenters. The fraction of sp³-hybridized carbons (Fsp3) is 0.562. The maximum Gasteiger partial charge on any atom is 0.223 e. The van der Waals surface area contributed by atoms with Gasteiger partial charge in [-0.25, -0.2) is 0 Å². The number of carbonyl (C=O) groups excluding carboxylic acids is 1. The van der Waals surface area contributed by atoms with E-state index in [0.29, 0.717) is 19.1 Å². The minimum absolute atomic E-state index is 0.0123. The smallest absolute Gasteiger partial charge is 0.223 e. The van der Waals surface area contributed by atoms with Crippen LogP contribution in [0.1, 0.15) is 37.8 Å². The Hall–Kier alpha value is -1.35. The Labute approximate surface area is 116 Å². The number of hydrogen-bond acceptors (Lipinski definition) is 2. The molecule has 0 aliphatic heterocycles. The normalized spacial score (nSPS) is 12.5. The molecule has 3 nitrogen and oxygen atoms in total. The van der Waals surface area contributed by atoms with E-state index in [4.69, 9.17) is 4.74 Å². The highest BCUT2D eigenvalue weighted by Gasteiger charge is 2.13. The summed E-state index contributed by atoms with van der Waals surface area (Å²) in [6, 6.07) is 8.54. The lowest BCUT2D eigenvalue weighted by atomic mass is 9.96. The first kappa shape index (κ1) is 15.7. The first-order valence-electron chi connectivity index (χ1n) is 6.90. The molecule has 0 aromatic heterocycles. The molecule has 1 N–H and O–H groups in total. The van der Waals surface area contributed by atoms with Crippen molar-refractivity contribution in [1.82, 2.24) is 5.32 Å². The molecule has 0 saturated heterocycles. The third kappa shape index (κ3) is 5.43. The zero-order valence-corrected chi connectivity index (χ0v) is 12.4. The van der Waals surface area contributed by atoms with Crippen LogP contribution in [-0.4, -0.2) is 26.2 Å². The largest absolute Gasteiger partial charge is 0.383 e. The van der Waals surface area contributed by atoms with Crippen LogP contribution in [0, 0.1) is 5.92 Å². The monoisotopic (exact) mass is 263 g/mol. The highest BCUT2D eigenvalue weighted by Crippen LogP contribution is 2.16. The van der Waals surface area contributed by atoms with Crippen LogP contribution >= 0.6 is 0 Å². The molecule has 19 heavy (non-hydrogen) atoms. The fourth-order valence-electron chi connectivity index (χ4n) is 1.94. The van der Waals surface area contributed by atoms with E-state index in [1.807, 2.05) is 6.92 Å². The van der Waals surface area contributed by atoms with E-state index in [9.17, 15) is 4.79 Å². The highest BCUT2D eigenvalue weighted by atomic mass is 16.5. The first-order chi connectivity index (χ1) is 9.04. The number of carbonyl (C=O) groups is 1. The molecule has 0 heterocycles. The number of rotatable bonds is 7. The van der Waals surface area contributed by atoms with Crippen molar-refractivity contribution in [2.75, 3.05) is 20.3 Å². The molecular weight excluding hydrogens is 238 g/mol. The predicted octanol–water partition coefficient (Wildman–Crippen LogP) is 2.75. The number of hydrogen-bond donors (Lipinski definition) is 1. The number of amides is 1. The van der Waals surface area contributed by atoms with Gasteiger partial charge in [0.2, 0.25) is 5.91 Å². The van der Waals surface area contributed by atoms with Crippen molar-refractivity contribution < 1.29 is 9.53 Å². The summed E-state index contributed by atoms with van der Waals surface area (Å²) < 4.78 is 4.91. The van der Waals surface area contributed by atoms with E-state index in [0.717, 1.165) is 6.42 Å². The van der Waals surface area contributed by atoms with Crippen molar-refractivity contribution in [2.45, 2.75) is 33.1 Å². The topological polar surface area (TPSA) is 38.3 Å². The van der Waals surface area contributed by atoms with Crippen molar-refractivity contribution in [3.63, 3.8) is 0 Å². The maximum absolute atomic E-state index is 11.8. The van der Waals surface area contributed by atoms with Gasteiger partial charge in [-0.1, -0.05) is 45.0 Å². The van der Waals surface area contributed by atoms with E-state index >= 15 is 0 Å². The maximum atomic E-state index is 11.8. The summed E-state index contributed by atoms with van der Waals surface area (Å²) in [7, 11) is 1.63. The molecule has 1 aromatic carbocycles. The van der Waals surface area contributed by atoms with Gasteiger partial charge in [0.25, 0.3) is 0 Å². The first-order valence-corrected chi connectivity index (χ1v) is 6.90. The van der Waals surface area contributed by atoms with Gasteiger partial charge in [0.05, 0.1) is 6.61 Å². The predicted molar refractivity (Wildman–Crippen MR) is 78.3 cm³/mol. The van der Waals surface area contributed by atoms with Gasteiger partial charge < -0.3 is 10.1 Å². The van der Waals surface area contributed by atoms with E-state index in [2.05, 4.69) is 43.4 Å². The van der Waals surface area contributed by atoms with E-state index in [1.54, 1.807) is 7.11 Å². The van der Waals surface area contributed by atoms with Gasteiger partial charge in [-0.3, -0.25) is 4.79 Å². The van der Waals surface area contributed by atoms with Crippen molar-refractivity contribution in [2.24, 2.45) is 5.92 Å². The summed E-state index contributed by atoms with van der Waals surface area (Å²) in [4.78, 5) is 11.8. The summed E-state index contributed by atoms with van der Waals surface area (Å²) in [6.07, 6.45) is 0.775. The Kier molecular flexibility index (Phi) is 6.57. The molecule has 1 rings (SSSR count). The van der Waals surface area contributed by atoms with Crippen LogP contribution in [0.25, 0.3) is 0 Å². The third-order valence-electron chi connectivity index (χ3n) is 3.24. The SMILES string of the molecule is COCCNC(=O)C(C)Cc1ccc(C(C)C)cc1. The summed E-state index contributed by atoms with van der Waals surface area (Å²) in [5.74, 6) is 0.621. The lowest BCUT2D eigenvalue weighted by Crippen LogP contribution is -2.32. The molecule has 0 spiro atoms. The Morgan fingerprint density at radius 1 is 1.21 bits per heavy atom. The Morgan fingerprint density at radius 3 is 2.37 bits per heavy atom. The van der Waals surface area contributed by atoms with Crippen molar-refractivity contribution >= 4 is 5.91 Å². The second kappa shape index (κ2) is 7.95. The van der Waals surface area contributed by atoms with Crippen molar-refractivity contribution in [1.29, 1.82) is 0 Å². The summed E-state index contributed by atoms with van der Waals surface area (Å²) >= 11 is 0. The molecule has 1 amide bonds. The summed E-state index contributed by atoms with van der Waals surface area (Å²) in [6.45, 7) is 7.45. The number of nitrogens with one attached hydrogen (secondary N) is 1. The minimum Gasteiger partial charge on any atom is -0.383 e. The molecule has 1 unspecified atom stereocenters. The van der Waals surface area contributed by atoms with E-state index < -0.39 is 0 Å². The quantitative estimate of drug-likeness (QED) is 0.768. The van der Waals surface area contributed by atoms with Gasteiger partial charge in [0, 0.05) is 19.6 Å². The van der Waals surface area contributed by atoms with E-state index in [1.165, 1.54) is 11.1 Å². The molecule has 0 fully saturated rings. The third-order valence-corrected chi connectivity index (χ3v) is 3.24. The van der Waals surface area contributed by atoms with Crippen LogP contribution < -0.4 is 5.32 Å². The summed E-state index contributed by atoms with van der Waals surface area (Å²) in [5, 5.41) is 2.87. The number of ether oxygens (including phenoxy) is 1. The Bertz CT molecular complexity index is 384. The number of methoxy groups -OCH3 is 1. The second-order valence-corrected chi connectivity index (χ2v) is 5.29. The van der Waals surface area contributed by atoms with Crippen LogP contribution in [0.15, 0.2) is 24.3 Å². The molecule has 0 radical (unpaired) electrons. The fourth-order valence-corrected chi connectivity index (χ4v) is 1.94. The van der Waals surface area contributed by atoms with Gasteiger partial charge in [0.1, 0.15) is 0 Å². The van der Waals surface area contributed by atoms with Gasteiger partial charge >= 0.3 is 0 Å². The molecule has 106 valence electrons. The van der Waals surface area contributed by atoms with E-state index in [-0.39, 0.29) is 11.8 Å². The van der Waals surface area contributed by atoms with Crippen LogP contribution in [0.5, 0.6) is 0 Å². The molecule has 0 saturated carbocycles. The molecule has 3 heteroatoms. The van der Waals surface area contributed by atoms with Crippen LogP contribution in [0.2, 0.25) is 0 Å². The average Bonchev–Trinajstić information content (AvgIpc) is 2.39. The Morgan fingerprint density at radius 2 is 1.84 bits per heavy atom. The van der Waals surface area contributed by atoms with Gasteiger partial charge in [0.15, 0.2) is 0 Å². The number of benzene rings is 1. The minimum atomic E-state index is -0.0123. The molecular formula is C16H25NO2. The van der Waals surface area contributed by atoms with Crippen LogP contribution in [0.3, 0.4) is 0 Å². The Balaban J connectivity index is 2.47. The molecule has 0 aliphatic rings. The van der Waals surface area contributed by atoms with Gasteiger partial charge in [-0.15, -0.1) is 0 Å². The lowest BCUT2D eigenvalue weighted by molar-refractivity contribution is -0.124. The lowest BCUT2D eigenvalue weighted by Gasteiger charge is -2.13. The zero-order chi connectivity index (χ0) is 14.3. The van der Waals surface area contributed by atoms with Crippen LogP contribution in [0.4, 0.5) is 0 Å². The second-order valence-electron chi connectivity index (χ2n) is 5.29. The standard InChI is InChI=1S/C16H25NO2/c1-12(2)15-7-5-14(6-8-15)11-13(3)16(18)17-9-10-19-4/h5-8,12-13H,9-11H2,1-4H3,(H,17,18).